The summed E-state index contributed by atoms with van der Waals surface area (Å²) in [7, 11) is 0. The second kappa shape index (κ2) is 6.89. The van der Waals surface area contributed by atoms with Gasteiger partial charge in [0, 0.05) is 24.2 Å². The van der Waals surface area contributed by atoms with E-state index in [4.69, 9.17) is 0 Å². The predicted octanol–water partition coefficient (Wildman–Crippen LogP) is 4.29. The SMILES string of the molecule is O=C(Nc1ccc2ncnc(N3CCCCC3)c2c1)C1(c2ccccc2)CC1. The summed E-state index contributed by atoms with van der Waals surface area (Å²) < 4.78 is 0. The van der Waals surface area contributed by atoms with Crippen LogP contribution in [0.15, 0.2) is 54.9 Å². The number of benzene rings is 2. The highest BCUT2D eigenvalue weighted by Crippen LogP contribution is 2.49. The largest absolute Gasteiger partial charge is 0.356 e. The van der Waals surface area contributed by atoms with Crippen molar-refractivity contribution in [3.05, 3.63) is 60.4 Å². The lowest BCUT2D eigenvalue weighted by Crippen LogP contribution is -2.30. The quantitative estimate of drug-likeness (QED) is 0.742. The number of anilines is 2. The molecule has 5 rings (SSSR count). The van der Waals surface area contributed by atoms with E-state index in [1.165, 1.54) is 19.3 Å². The van der Waals surface area contributed by atoms with Gasteiger partial charge in [0.2, 0.25) is 5.91 Å². The van der Waals surface area contributed by atoms with Gasteiger partial charge in [0.1, 0.15) is 12.1 Å². The fourth-order valence-corrected chi connectivity index (χ4v) is 4.26. The van der Waals surface area contributed by atoms with Crippen molar-refractivity contribution in [3.63, 3.8) is 0 Å². The van der Waals surface area contributed by atoms with Gasteiger partial charge in [0.05, 0.1) is 10.9 Å². The third-order valence-electron chi connectivity index (χ3n) is 6.04. The Bertz CT molecular complexity index is 1010. The molecule has 2 fully saturated rings. The first-order chi connectivity index (χ1) is 13.8. The summed E-state index contributed by atoms with van der Waals surface area (Å²) in [4.78, 5) is 24.4. The molecule has 1 saturated heterocycles. The van der Waals surface area contributed by atoms with Gasteiger partial charge in [0.25, 0.3) is 0 Å². The van der Waals surface area contributed by atoms with Gasteiger partial charge in [-0.15, -0.1) is 0 Å². The van der Waals surface area contributed by atoms with E-state index in [1.54, 1.807) is 6.33 Å². The first-order valence-electron chi connectivity index (χ1n) is 10.1. The third kappa shape index (κ3) is 3.01. The van der Waals surface area contributed by atoms with Crippen LogP contribution in [0.3, 0.4) is 0 Å². The number of nitrogens with one attached hydrogen (secondary N) is 1. The second-order valence-corrected chi connectivity index (χ2v) is 7.88. The van der Waals surface area contributed by atoms with Crippen LogP contribution in [0.5, 0.6) is 0 Å². The lowest BCUT2D eigenvalue weighted by molar-refractivity contribution is -0.118. The molecule has 2 aliphatic rings. The normalized spacial score (nSPS) is 18.1. The molecule has 3 aromatic rings. The number of rotatable bonds is 4. The fraction of sp³-hybridized carbons (Fsp3) is 0.348. The van der Waals surface area contributed by atoms with Crippen LogP contribution < -0.4 is 10.2 Å². The number of hydrogen-bond donors (Lipinski definition) is 1. The Kier molecular flexibility index (Phi) is 4.23. The summed E-state index contributed by atoms with van der Waals surface area (Å²) in [6.07, 6.45) is 7.11. The van der Waals surface area contributed by atoms with Crippen LogP contribution in [-0.4, -0.2) is 29.0 Å². The van der Waals surface area contributed by atoms with E-state index in [-0.39, 0.29) is 11.3 Å². The second-order valence-electron chi connectivity index (χ2n) is 7.88. The molecule has 28 heavy (non-hydrogen) atoms. The molecule has 0 atom stereocenters. The van der Waals surface area contributed by atoms with Crippen LogP contribution in [-0.2, 0) is 10.2 Å². The van der Waals surface area contributed by atoms with Crippen molar-refractivity contribution in [3.8, 4) is 0 Å². The van der Waals surface area contributed by atoms with Crippen LogP contribution >= 0.6 is 0 Å². The predicted molar refractivity (Wildman–Crippen MR) is 112 cm³/mol. The Morgan fingerprint density at radius 2 is 1.75 bits per heavy atom. The average Bonchev–Trinajstić information content (AvgIpc) is 3.57. The smallest absolute Gasteiger partial charge is 0.235 e. The molecule has 1 aliphatic heterocycles. The van der Waals surface area contributed by atoms with Gasteiger partial charge in [-0.05, 0) is 55.9 Å². The van der Waals surface area contributed by atoms with Gasteiger partial charge in [0.15, 0.2) is 0 Å². The van der Waals surface area contributed by atoms with Crippen molar-refractivity contribution < 1.29 is 4.79 Å². The van der Waals surface area contributed by atoms with Crippen LogP contribution in [0.2, 0.25) is 0 Å². The Hall–Kier alpha value is -2.95. The molecular weight excluding hydrogens is 348 g/mol. The van der Waals surface area contributed by atoms with E-state index >= 15 is 0 Å². The number of fused-ring (bicyclic) bond motifs is 1. The summed E-state index contributed by atoms with van der Waals surface area (Å²) in [5, 5.41) is 4.16. The monoisotopic (exact) mass is 372 g/mol. The molecule has 0 radical (unpaired) electrons. The van der Waals surface area contributed by atoms with Gasteiger partial charge >= 0.3 is 0 Å². The van der Waals surface area contributed by atoms with Crippen molar-refractivity contribution in [1.29, 1.82) is 0 Å². The highest BCUT2D eigenvalue weighted by molar-refractivity contribution is 6.03. The standard InChI is InChI=1S/C23H24N4O/c28-22(23(11-12-23)17-7-3-1-4-8-17)26-18-9-10-20-19(15-18)21(25-16-24-20)27-13-5-2-6-14-27/h1,3-4,7-10,15-16H,2,5-6,11-14H2,(H,26,28). The molecule has 2 heterocycles. The summed E-state index contributed by atoms with van der Waals surface area (Å²) >= 11 is 0. The van der Waals surface area contributed by atoms with Crippen LogP contribution in [0.4, 0.5) is 11.5 Å². The highest BCUT2D eigenvalue weighted by atomic mass is 16.2. The number of amides is 1. The molecule has 0 unspecified atom stereocenters. The Morgan fingerprint density at radius 1 is 0.964 bits per heavy atom. The number of hydrogen-bond acceptors (Lipinski definition) is 4. The fourth-order valence-electron chi connectivity index (χ4n) is 4.26. The maximum absolute atomic E-state index is 13.1. The molecule has 5 nitrogen and oxygen atoms in total. The van der Waals surface area contributed by atoms with Crippen molar-refractivity contribution in [2.24, 2.45) is 0 Å². The van der Waals surface area contributed by atoms with Crippen LogP contribution in [0.25, 0.3) is 10.9 Å². The minimum Gasteiger partial charge on any atom is -0.356 e. The van der Waals surface area contributed by atoms with Crippen LogP contribution in [0, 0.1) is 0 Å². The number of piperidine rings is 1. The van der Waals surface area contributed by atoms with Gasteiger partial charge < -0.3 is 10.2 Å². The van der Waals surface area contributed by atoms with E-state index in [0.29, 0.717) is 0 Å². The zero-order valence-electron chi connectivity index (χ0n) is 15.9. The summed E-state index contributed by atoms with van der Waals surface area (Å²) in [5.74, 6) is 1.06. The molecule has 5 heteroatoms. The van der Waals surface area contributed by atoms with Crippen molar-refractivity contribution >= 4 is 28.3 Å². The van der Waals surface area contributed by atoms with Gasteiger partial charge in [-0.3, -0.25) is 4.79 Å². The number of nitrogens with zero attached hydrogens (tertiary/aromatic N) is 3. The van der Waals surface area contributed by atoms with E-state index in [1.807, 2.05) is 36.4 Å². The topological polar surface area (TPSA) is 58.1 Å². The van der Waals surface area contributed by atoms with Gasteiger partial charge in [-0.25, -0.2) is 9.97 Å². The van der Waals surface area contributed by atoms with E-state index in [2.05, 4.69) is 32.3 Å². The molecule has 0 bridgehead atoms. The molecule has 1 aliphatic carbocycles. The highest BCUT2D eigenvalue weighted by Gasteiger charge is 2.51. The van der Waals surface area contributed by atoms with E-state index in [9.17, 15) is 4.79 Å². The number of carbonyl (C=O) groups is 1. The minimum atomic E-state index is -0.376. The number of aromatic nitrogens is 2. The zero-order chi connectivity index (χ0) is 19.0. The molecule has 1 amide bonds. The Morgan fingerprint density at radius 3 is 2.50 bits per heavy atom. The van der Waals surface area contributed by atoms with E-state index in [0.717, 1.165) is 53.9 Å². The first kappa shape index (κ1) is 17.2. The molecule has 0 spiro atoms. The Labute approximate surface area is 164 Å². The van der Waals surface area contributed by atoms with E-state index < -0.39 is 0 Å². The van der Waals surface area contributed by atoms with Crippen molar-refractivity contribution in [1.82, 2.24) is 9.97 Å². The first-order valence-corrected chi connectivity index (χ1v) is 10.1. The Balaban J connectivity index is 1.44. The van der Waals surface area contributed by atoms with Crippen LogP contribution in [0.1, 0.15) is 37.7 Å². The minimum absolute atomic E-state index is 0.0782. The lowest BCUT2D eigenvalue weighted by Gasteiger charge is -2.28. The maximum atomic E-state index is 13.1. The molecule has 1 saturated carbocycles. The molecule has 1 N–H and O–H groups in total. The summed E-state index contributed by atoms with van der Waals surface area (Å²) in [6, 6.07) is 16.0. The van der Waals surface area contributed by atoms with Crippen molar-refractivity contribution in [2.45, 2.75) is 37.5 Å². The van der Waals surface area contributed by atoms with Crippen molar-refractivity contribution in [2.75, 3.05) is 23.3 Å². The molecule has 142 valence electrons. The molecule has 2 aromatic carbocycles. The van der Waals surface area contributed by atoms with Gasteiger partial charge in [-0.2, -0.15) is 0 Å². The zero-order valence-corrected chi connectivity index (χ0v) is 15.9. The number of carbonyl (C=O) groups excluding carboxylic acids is 1. The maximum Gasteiger partial charge on any atom is 0.235 e. The third-order valence-corrected chi connectivity index (χ3v) is 6.04. The van der Waals surface area contributed by atoms with Gasteiger partial charge in [-0.1, -0.05) is 30.3 Å². The summed E-state index contributed by atoms with van der Waals surface area (Å²) in [6.45, 7) is 2.06. The average molecular weight is 372 g/mol. The molecular formula is C23H24N4O. The summed E-state index contributed by atoms with van der Waals surface area (Å²) in [5.41, 5.74) is 2.45. The lowest BCUT2D eigenvalue weighted by atomic mass is 9.95. The molecule has 1 aromatic heterocycles.